The smallest absolute Gasteiger partial charge is 0.444 e. The SMILES string of the molecule is CC(C)(C)OC(=O)NC(CC(=O)N1CCn2c(C(F)(F)F)nc(-c3ccc(F)nc3)c2C1)Cc1cc(F)c(F)cc1F. The van der Waals surface area contributed by atoms with Crippen LogP contribution < -0.4 is 5.32 Å². The van der Waals surface area contributed by atoms with Crippen LogP contribution >= 0.6 is 0 Å². The van der Waals surface area contributed by atoms with Crippen LogP contribution in [0.25, 0.3) is 11.3 Å². The number of carbonyl (C=O) groups excluding carboxylic acids is 2. The lowest BCUT2D eigenvalue weighted by atomic mass is 10.0. The third kappa shape index (κ3) is 7.18. The van der Waals surface area contributed by atoms with Gasteiger partial charge >= 0.3 is 12.3 Å². The van der Waals surface area contributed by atoms with Gasteiger partial charge in [-0.25, -0.2) is 27.9 Å². The van der Waals surface area contributed by atoms with Crippen molar-refractivity contribution in [3.8, 4) is 11.3 Å². The lowest BCUT2D eigenvalue weighted by Gasteiger charge is -2.31. The van der Waals surface area contributed by atoms with Gasteiger partial charge in [-0.05, 0) is 51.0 Å². The summed E-state index contributed by atoms with van der Waals surface area (Å²) >= 11 is 0. The van der Waals surface area contributed by atoms with Crippen molar-refractivity contribution < 1.29 is 45.1 Å². The van der Waals surface area contributed by atoms with Gasteiger partial charge in [-0.2, -0.15) is 17.6 Å². The standard InChI is InChI=1S/C27H26F7N5O3/c1-26(2,3)42-25(41)36-16(8-15-9-18(29)19(30)11-17(15)28)10-22(40)38-6-7-39-20(13-38)23(37-24(39)27(32,33)34)14-4-5-21(31)35-12-14/h4-5,9,11-12,16H,6-8,10,13H2,1-3H3,(H,36,41). The molecule has 1 aliphatic heterocycles. The Labute approximate surface area is 235 Å². The Morgan fingerprint density at radius 2 is 1.71 bits per heavy atom. The van der Waals surface area contributed by atoms with E-state index in [0.717, 1.165) is 16.8 Å². The van der Waals surface area contributed by atoms with Gasteiger partial charge in [0, 0.05) is 43.4 Å². The van der Waals surface area contributed by atoms with E-state index in [-0.39, 0.29) is 42.1 Å². The summed E-state index contributed by atoms with van der Waals surface area (Å²) in [6.07, 6.45) is -5.66. The number of nitrogens with zero attached hydrogens (tertiary/aromatic N) is 4. The molecule has 4 rings (SSSR count). The molecule has 8 nitrogen and oxygen atoms in total. The fourth-order valence-electron chi connectivity index (χ4n) is 4.52. The molecule has 1 N–H and O–H groups in total. The van der Waals surface area contributed by atoms with Crippen LogP contribution in [0.1, 0.15) is 44.3 Å². The molecule has 0 aliphatic carbocycles. The second kappa shape index (κ2) is 11.6. The number of alkyl carbamates (subject to hydrolysis) is 1. The topological polar surface area (TPSA) is 89.4 Å². The number of hydrogen-bond acceptors (Lipinski definition) is 5. The normalized spacial score (nSPS) is 14.4. The van der Waals surface area contributed by atoms with Gasteiger partial charge in [-0.15, -0.1) is 0 Å². The Hall–Kier alpha value is -4.17. The van der Waals surface area contributed by atoms with Crippen molar-refractivity contribution in [2.75, 3.05) is 6.54 Å². The van der Waals surface area contributed by atoms with Gasteiger partial charge in [-0.1, -0.05) is 0 Å². The second-order valence-corrected chi connectivity index (χ2v) is 10.7. The molecule has 2 aromatic heterocycles. The molecule has 0 bridgehead atoms. The molecule has 1 aliphatic rings. The van der Waals surface area contributed by atoms with Gasteiger partial charge in [0.05, 0.1) is 17.9 Å². The van der Waals surface area contributed by atoms with Crippen molar-refractivity contribution in [3.63, 3.8) is 0 Å². The summed E-state index contributed by atoms with van der Waals surface area (Å²) < 4.78 is 102. The van der Waals surface area contributed by atoms with E-state index in [2.05, 4.69) is 15.3 Å². The Morgan fingerprint density at radius 1 is 1.02 bits per heavy atom. The summed E-state index contributed by atoms with van der Waals surface area (Å²) in [5.74, 6) is -6.52. The summed E-state index contributed by atoms with van der Waals surface area (Å²) in [4.78, 5) is 34.3. The first-order valence-corrected chi connectivity index (χ1v) is 12.7. The third-order valence-electron chi connectivity index (χ3n) is 6.31. The van der Waals surface area contributed by atoms with E-state index >= 15 is 0 Å². The fourth-order valence-corrected chi connectivity index (χ4v) is 4.52. The molecule has 3 aromatic rings. The predicted octanol–water partition coefficient (Wildman–Crippen LogP) is 5.39. The lowest BCUT2D eigenvalue weighted by Crippen LogP contribution is -2.45. The predicted molar refractivity (Wildman–Crippen MR) is 134 cm³/mol. The molecular weight excluding hydrogens is 575 g/mol. The molecule has 226 valence electrons. The molecule has 0 radical (unpaired) electrons. The molecular formula is C27H26F7N5O3. The van der Waals surface area contributed by atoms with Crippen molar-refractivity contribution in [2.45, 2.75) is 64.5 Å². The molecule has 3 heterocycles. The highest BCUT2D eigenvalue weighted by Crippen LogP contribution is 2.36. The minimum absolute atomic E-state index is 0.0265. The fraction of sp³-hybridized carbons (Fsp3) is 0.407. The molecule has 1 atom stereocenters. The van der Waals surface area contributed by atoms with E-state index in [1.807, 2.05) is 0 Å². The van der Waals surface area contributed by atoms with Crippen LogP contribution in [-0.4, -0.2) is 49.6 Å². The van der Waals surface area contributed by atoms with Crippen molar-refractivity contribution >= 4 is 12.0 Å². The molecule has 1 aromatic carbocycles. The van der Waals surface area contributed by atoms with Gasteiger partial charge < -0.3 is 19.5 Å². The largest absolute Gasteiger partial charge is 0.449 e. The summed E-state index contributed by atoms with van der Waals surface area (Å²) in [7, 11) is 0. The molecule has 2 amide bonds. The third-order valence-corrected chi connectivity index (χ3v) is 6.31. The lowest BCUT2D eigenvalue weighted by molar-refractivity contribution is -0.148. The van der Waals surface area contributed by atoms with E-state index in [4.69, 9.17) is 4.74 Å². The van der Waals surface area contributed by atoms with Crippen molar-refractivity contribution in [3.05, 3.63) is 70.9 Å². The molecule has 0 fully saturated rings. The highest BCUT2D eigenvalue weighted by atomic mass is 19.4. The van der Waals surface area contributed by atoms with Gasteiger partial charge in [0.25, 0.3) is 0 Å². The van der Waals surface area contributed by atoms with Crippen LogP contribution in [0.2, 0.25) is 0 Å². The summed E-state index contributed by atoms with van der Waals surface area (Å²) in [5, 5.41) is 2.44. The number of ether oxygens (including phenoxy) is 1. The van der Waals surface area contributed by atoms with Gasteiger partial charge in [0.2, 0.25) is 17.7 Å². The number of hydrogen-bond donors (Lipinski definition) is 1. The summed E-state index contributed by atoms with van der Waals surface area (Å²) in [5.41, 5.74) is -1.26. The average Bonchev–Trinajstić information content (AvgIpc) is 3.26. The number of nitrogens with one attached hydrogen (secondary N) is 1. The van der Waals surface area contributed by atoms with E-state index in [0.29, 0.717) is 12.1 Å². The molecule has 0 saturated carbocycles. The number of fused-ring (bicyclic) bond motifs is 1. The number of benzene rings is 1. The van der Waals surface area contributed by atoms with Crippen molar-refractivity contribution in [1.82, 2.24) is 24.8 Å². The average molecular weight is 602 g/mol. The molecule has 0 saturated heterocycles. The number of pyridine rings is 1. The first kappa shape index (κ1) is 30.8. The van der Waals surface area contributed by atoms with E-state index in [1.165, 1.54) is 11.0 Å². The first-order valence-electron chi connectivity index (χ1n) is 12.7. The number of halogens is 7. The summed E-state index contributed by atoms with van der Waals surface area (Å²) in [6, 6.07) is 1.96. The van der Waals surface area contributed by atoms with Crippen LogP contribution in [0.15, 0.2) is 30.5 Å². The highest BCUT2D eigenvalue weighted by molar-refractivity contribution is 5.78. The Morgan fingerprint density at radius 3 is 2.33 bits per heavy atom. The van der Waals surface area contributed by atoms with Gasteiger partial charge in [0.1, 0.15) is 11.4 Å². The van der Waals surface area contributed by atoms with Crippen LogP contribution in [0.5, 0.6) is 0 Å². The number of amides is 2. The maximum atomic E-state index is 14.4. The number of rotatable bonds is 6. The second-order valence-electron chi connectivity index (χ2n) is 10.7. The number of carbonyl (C=O) groups is 2. The zero-order chi connectivity index (χ0) is 31.0. The van der Waals surface area contributed by atoms with E-state index in [1.54, 1.807) is 20.8 Å². The van der Waals surface area contributed by atoms with Crippen LogP contribution in [-0.2, 0) is 35.2 Å². The van der Waals surface area contributed by atoms with Crippen molar-refractivity contribution in [1.29, 1.82) is 0 Å². The quantitative estimate of drug-likeness (QED) is 0.233. The maximum absolute atomic E-state index is 14.4. The maximum Gasteiger partial charge on any atom is 0.449 e. The molecule has 0 spiro atoms. The number of aromatic nitrogens is 3. The van der Waals surface area contributed by atoms with Gasteiger partial charge in [0.15, 0.2) is 11.6 Å². The first-order chi connectivity index (χ1) is 19.5. The number of imidazole rings is 1. The Kier molecular flexibility index (Phi) is 8.51. The Bertz CT molecular complexity index is 1480. The van der Waals surface area contributed by atoms with Gasteiger partial charge in [-0.3, -0.25) is 4.79 Å². The van der Waals surface area contributed by atoms with Crippen LogP contribution in [0, 0.1) is 23.4 Å². The molecule has 15 heteroatoms. The summed E-state index contributed by atoms with van der Waals surface area (Å²) in [6.45, 7) is 3.99. The monoisotopic (exact) mass is 601 g/mol. The minimum atomic E-state index is -4.82. The van der Waals surface area contributed by atoms with E-state index in [9.17, 15) is 40.3 Å². The number of alkyl halides is 3. The molecule has 1 unspecified atom stereocenters. The zero-order valence-corrected chi connectivity index (χ0v) is 22.7. The minimum Gasteiger partial charge on any atom is -0.444 e. The van der Waals surface area contributed by atoms with Crippen molar-refractivity contribution in [2.24, 2.45) is 0 Å². The van der Waals surface area contributed by atoms with Crippen LogP contribution in [0.3, 0.4) is 0 Å². The van der Waals surface area contributed by atoms with Crippen LogP contribution in [0.4, 0.5) is 35.5 Å². The highest BCUT2D eigenvalue weighted by Gasteiger charge is 2.41. The zero-order valence-electron chi connectivity index (χ0n) is 22.7. The Balaban J connectivity index is 1.60. The van der Waals surface area contributed by atoms with E-state index < -0.39 is 71.9 Å². The molecule has 42 heavy (non-hydrogen) atoms.